The van der Waals surface area contributed by atoms with Crippen molar-refractivity contribution in [3.63, 3.8) is 0 Å². The fourth-order valence-corrected chi connectivity index (χ4v) is 3.89. The van der Waals surface area contributed by atoms with E-state index in [2.05, 4.69) is 27.7 Å². The van der Waals surface area contributed by atoms with Gasteiger partial charge in [0.05, 0.1) is 19.7 Å². The Morgan fingerprint density at radius 1 is 1.16 bits per heavy atom. The van der Waals surface area contributed by atoms with Gasteiger partial charge >= 0.3 is 0 Å². The second-order valence-corrected chi connectivity index (χ2v) is 7.68. The van der Waals surface area contributed by atoms with Crippen LogP contribution in [0.3, 0.4) is 0 Å². The summed E-state index contributed by atoms with van der Waals surface area (Å²) >= 11 is 0. The molecule has 1 atom stereocenters. The van der Waals surface area contributed by atoms with Crippen LogP contribution in [-0.2, 0) is 6.54 Å². The van der Waals surface area contributed by atoms with Crippen LogP contribution in [0.5, 0.6) is 5.75 Å². The van der Waals surface area contributed by atoms with Gasteiger partial charge in [-0.15, -0.1) is 0 Å². The Morgan fingerprint density at radius 2 is 1.94 bits per heavy atom. The van der Waals surface area contributed by atoms with E-state index >= 15 is 0 Å². The van der Waals surface area contributed by atoms with Crippen LogP contribution >= 0.6 is 0 Å². The lowest BCUT2D eigenvalue weighted by Crippen LogP contribution is -2.42. The minimum absolute atomic E-state index is 0.236. The Hall–Kier alpha value is -3.06. The van der Waals surface area contributed by atoms with Crippen LogP contribution in [0.1, 0.15) is 47.3 Å². The van der Waals surface area contributed by atoms with Gasteiger partial charge in [-0.05, 0) is 68.2 Å². The number of amides is 1. The molecule has 1 unspecified atom stereocenters. The molecular formula is C24H33N5O2. The number of likely N-dealkylation sites (tertiary alicyclic amines) is 1. The van der Waals surface area contributed by atoms with Gasteiger partial charge in [0.15, 0.2) is 5.96 Å². The normalized spacial score (nSPS) is 15.5. The number of carbonyl (C=O) groups excluding carboxylic acids is 1. The third kappa shape index (κ3) is 6.46. The average molecular weight is 424 g/mol. The highest BCUT2D eigenvalue weighted by Crippen LogP contribution is 2.27. The molecule has 166 valence electrons. The lowest BCUT2D eigenvalue weighted by molar-refractivity contribution is 0.1000. The molecule has 2 aromatic rings. The molecule has 2 aromatic carbocycles. The molecule has 1 saturated heterocycles. The zero-order chi connectivity index (χ0) is 22.1. The molecule has 7 heteroatoms. The number of primary amides is 1. The molecule has 0 aliphatic carbocycles. The van der Waals surface area contributed by atoms with Crippen LogP contribution in [0.15, 0.2) is 53.5 Å². The third-order valence-electron chi connectivity index (χ3n) is 5.50. The molecule has 0 radical (unpaired) electrons. The second kappa shape index (κ2) is 11.4. The summed E-state index contributed by atoms with van der Waals surface area (Å²) in [4.78, 5) is 18.7. The number of rotatable bonds is 9. The summed E-state index contributed by atoms with van der Waals surface area (Å²) in [6, 6.07) is 15.8. The van der Waals surface area contributed by atoms with E-state index in [0.29, 0.717) is 12.1 Å². The van der Waals surface area contributed by atoms with Crippen molar-refractivity contribution >= 4 is 11.9 Å². The zero-order valence-electron chi connectivity index (χ0n) is 18.4. The van der Waals surface area contributed by atoms with E-state index in [9.17, 15) is 4.79 Å². The summed E-state index contributed by atoms with van der Waals surface area (Å²) in [6.07, 6.45) is 2.45. The molecule has 0 bridgehead atoms. The molecule has 0 spiro atoms. The van der Waals surface area contributed by atoms with Gasteiger partial charge in [-0.3, -0.25) is 9.69 Å². The number of nitrogens with zero attached hydrogens (tertiary/aromatic N) is 2. The van der Waals surface area contributed by atoms with Gasteiger partial charge in [0.1, 0.15) is 5.75 Å². The van der Waals surface area contributed by atoms with E-state index in [1.807, 2.05) is 31.2 Å². The SMILES string of the molecule is CCNC(=NCc1cccc(C(N)=O)c1)NCC(c1cccc(OC)c1)N1CCCC1. The van der Waals surface area contributed by atoms with Crippen molar-refractivity contribution < 1.29 is 9.53 Å². The van der Waals surface area contributed by atoms with Gasteiger partial charge in [0.25, 0.3) is 0 Å². The topological polar surface area (TPSA) is 92.0 Å². The predicted molar refractivity (Wildman–Crippen MR) is 124 cm³/mol. The summed E-state index contributed by atoms with van der Waals surface area (Å²) in [5.74, 6) is 1.19. The summed E-state index contributed by atoms with van der Waals surface area (Å²) in [6.45, 7) is 6.20. The monoisotopic (exact) mass is 423 g/mol. The Labute approximate surface area is 184 Å². The van der Waals surface area contributed by atoms with Crippen molar-refractivity contribution in [3.05, 3.63) is 65.2 Å². The second-order valence-electron chi connectivity index (χ2n) is 7.68. The molecule has 1 aliphatic heterocycles. The Kier molecular flexibility index (Phi) is 8.29. The number of hydrogen-bond acceptors (Lipinski definition) is 4. The van der Waals surface area contributed by atoms with Crippen LogP contribution in [0.25, 0.3) is 0 Å². The average Bonchev–Trinajstić information content (AvgIpc) is 3.32. The van der Waals surface area contributed by atoms with Gasteiger partial charge < -0.3 is 21.1 Å². The van der Waals surface area contributed by atoms with E-state index in [4.69, 9.17) is 15.5 Å². The van der Waals surface area contributed by atoms with Crippen molar-refractivity contribution in [3.8, 4) is 5.75 Å². The number of hydrogen-bond donors (Lipinski definition) is 3. The zero-order valence-corrected chi connectivity index (χ0v) is 18.4. The molecule has 31 heavy (non-hydrogen) atoms. The smallest absolute Gasteiger partial charge is 0.248 e. The Balaban J connectivity index is 1.72. The summed E-state index contributed by atoms with van der Waals surface area (Å²) < 4.78 is 5.44. The maximum absolute atomic E-state index is 11.4. The summed E-state index contributed by atoms with van der Waals surface area (Å²) in [5.41, 5.74) is 8.06. The first-order valence-electron chi connectivity index (χ1n) is 10.9. The number of methoxy groups -OCH3 is 1. The van der Waals surface area contributed by atoms with Crippen LogP contribution in [0.4, 0.5) is 0 Å². The molecule has 7 nitrogen and oxygen atoms in total. The van der Waals surface area contributed by atoms with Crippen molar-refractivity contribution in [1.29, 1.82) is 0 Å². The lowest BCUT2D eigenvalue weighted by Gasteiger charge is -2.29. The Morgan fingerprint density at radius 3 is 2.65 bits per heavy atom. The summed E-state index contributed by atoms with van der Waals surface area (Å²) in [5, 5.41) is 6.82. The quantitative estimate of drug-likeness (QED) is 0.426. The van der Waals surface area contributed by atoms with Crippen molar-refractivity contribution in [2.45, 2.75) is 32.4 Å². The number of nitrogens with one attached hydrogen (secondary N) is 2. The van der Waals surface area contributed by atoms with E-state index < -0.39 is 5.91 Å². The van der Waals surface area contributed by atoms with E-state index in [1.54, 1.807) is 19.2 Å². The minimum Gasteiger partial charge on any atom is -0.497 e. The number of benzene rings is 2. The maximum atomic E-state index is 11.4. The number of ether oxygens (including phenoxy) is 1. The lowest BCUT2D eigenvalue weighted by atomic mass is 10.1. The van der Waals surface area contributed by atoms with Gasteiger partial charge in [-0.25, -0.2) is 4.99 Å². The third-order valence-corrected chi connectivity index (χ3v) is 5.50. The molecule has 0 saturated carbocycles. The molecule has 4 N–H and O–H groups in total. The van der Waals surface area contributed by atoms with E-state index in [1.165, 1.54) is 18.4 Å². The molecular weight excluding hydrogens is 390 g/mol. The van der Waals surface area contributed by atoms with Crippen LogP contribution in [-0.4, -0.2) is 50.1 Å². The van der Waals surface area contributed by atoms with Gasteiger partial charge in [-0.2, -0.15) is 0 Å². The number of nitrogens with two attached hydrogens (primary N) is 1. The highest BCUT2D eigenvalue weighted by Gasteiger charge is 2.24. The highest BCUT2D eigenvalue weighted by molar-refractivity contribution is 5.92. The van der Waals surface area contributed by atoms with Gasteiger partial charge in [0, 0.05) is 18.7 Å². The highest BCUT2D eigenvalue weighted by atomic mass is 16.5. The largest absolute Gasteiger partial charge is 0.497 e. The van der Waals surface area contributed by atoms with E-state index in [0.717, 1.165) is 43.5 Å². The molecule has 1 heterocycles. The maximum Gasteiger partial charge on any atom is 0.248 e. The Bertz CT molecular complexity index is 893. The fraction of sp³-hybridized carbons (Fsp3) is 0.417. The summed E-state index contributed by atoms with van der Waals surface area (Å²) in [7, 11) is 1.70. The number of carbonyl (C=O) groups is 1. The molecule has 3 rings (SSSR count). The first-order valence-corrected chi connectivity index (χ1v) is 10.9. The minimum atomic E-state index is -0.428. The predicted octanol–water partition coefficient (Wildman–Crippen LogP) is 2.69. The van der Waals surface area contributed by atoms with Crippen molar-refractivity contribution in [2.75, 3.05) is 33.3 Å². The van der Waals surface area contributed by atoms with Gasteiger partial charge in [0.2, 0.25) is 5.91 Å². The first-order chi connectivity index (χ1) is 15.1. The number of aliphatic imine (C=N–C) groups is 1. The van der Waals surface area contributed by atoms with Gasteiger partial charge in [-0.1, -0.05) is 24.3 Å². The molecule has 0 aromatic heterocycles. The van der Waals surface area contributed by atoms with Crippen molar-refractivity contribution in [1.82, 2.24) is 15.5 Å². The fourth-order valence-electron chi connectivity index (χ4n) is 3.89. The number of guanidine groups is 1. The standard InChI is InChI=1S/C24H33N5O2/c1-3-26-24(27-16-18-8-6-10-20(14-18)23(25)30)28-17-22(29-12-4-5-13-29)19-9-7-11-21(15-19)31-2/h6-11,14-15,22H,3-5,12-13,16-17H2,1-2H3,(H2,25,30)(H2,26,27,28). The molecule has 1 amide bonds. The van der Waals surface area contributed by atoms with Crippen molar-refractivity contribution in [2.24, 2.45) is 10.7 Å². The molecule has 1 fully saturated rings. The van der Waals surface area contributed by atoms with Crippen LogP contribution in [0.2, 0.25) is 0 Å². The van der Waals surface area contributed by atoms with Crippen LogP contribution < -0.4 is 21.1 Å². The van der Waals surface area contributed by atoms with Crippen LogP contribution in [0, 0.1) is 0 Å². The molecule has 1 aliphatic rings. The first kappa shape index (κ1) is 22.6. The van der Waals surface area contributed by atoms with E-state index in [-0.39, 0.29) is 6.04 Å².